The Morgan fingerprint density at radius 1 is 1.26 bits per heavy atom. The molecule has 0 bridgehead atoms. The van der Waals surface area contributed by atoms with Gasteiger partial charge in [-0.15, -0.1) is 11.6 Å². The molecule has 0 spiro atoms. The summed E-state index contributed by atoms with van der Waals surface area (Å²) in [6.45, 7) is 0. The van der Waals surface area contributed by atoms with E-state index in [0.29, 0.717) is 10.9 Å². The lowest BCUT2D eigenvalue weighted by Crippen LogP contribution is -2.01. The number of fused-ring (bicyclic) bond motifs is 1. The summed E-state index contributed by atoms with van der Waals surface area (Å²) in [5, 5.41) is 0.625. The molecule has 3 nitrogen and oxygen atoms in total. The minimum absolute atomic E-state index is 0.291. The summed E-state index contributed by atoms with van der Waals surface area (Å²) < 4.78 is 2.82. The normalized spacial score (nSPS) is 11.1. The molecule has 6 heteroatoms. The van der Waals surface area contributed by atoms with Crippen molar-refractivity contribution < 1.29 is 0 Å². The number of hydrogen-bond donors (Lipinski definition) is 0. The third kappa shape index (κ3) is 2.24. The maximum Gasteiger partial charge on any atom is 0.164 e. The number of hydrogen-bond acceptors (Lipinski definition) is 2. The van der Waals surface area contributed by atoms with Gasteiger partial charge in [-0.2, -0.15) is 0 Å². The van der Waals surface area contributed by atoms with Crippen LogP contribution in [-0.4, -0.2) is 14.5 Å². The average Bonchev–Trinajstić information content (AvgIpc) is 2.80. The van der Waals surface area contributed by atoms with E-state index in [4.69, 9.17) is 23.2 Å². The van der Waals surface area contributed by atoms with Crippen molar-refractivity contribution in [1.82, 2.24) is 14.5 Å². The molecule has 3 aromatic rings. The van der Waals surface area contributed by atoms with Crippen molar-refractivity contribution in [2.45, 2.75) is 5.88 Å². The lowest BCUT2D eigenvalue weighted by atomic mass is 10.3. The highest BCUT2D eigenvalue weighted by Gasteiger charge is 2.15. The lowest BCUT2D eigenvalue weighted by Gasteiger charge is -2.09. The third-order valence-corrected chi connectivity index (χ3v) is 3.81. The Morgan fingerprint density at radius 3 is 2.89 bits per heavy atom. The van der Waals surface area contributed by atoms with Crippen molar-refractivity contribution in [2.24, 2.45) is 0 Å². The lowest BCUT2D eigenvalue weighted by molar-refractivity contribution is 0.969. The first-order valence-electron chi connectivity index (χ1n) is 5.54. The maximum absolute atomic E-state index is 6.28. The molecule has 3 rings (SSSR count). The molecule has 0 aliphatic carbocycles. The smallest absolute Gasteiger partial charge is 0.164 e. The first-order chi connectivity index (χ1) is 9.20. The van der Waals surface area contributed by atoms with Gasteiger partial charge in [0, 0.05) is 10.7 Å². The predicted octanol–water partition coefficient (Wildman–Crippen LogP) is 4.58. The fourth-order valence-corrected chi connectivity index (χ4v) is 2.69. The first-order valence-corrected chi connectivity index (χ1v) is 7.25. The van der Waals surface area contributed by atoms with Gasteiger partial charge in [-0.3, -0.25) is 4.57 Å². The van der Waals surface area contributed by atoms with Gasteiger partial charge >= 0.3 is 0 Å². The zero-order valence-electron chi connectivity index (χ0n) is 9.65. The number of imidazole rings is 1. The number of benzene rings is 1. The van der Waals surface area contributed by atoms with Crippen LogP contribution in [0.4, 0.5) is 0 Å². The predicted molar refractivity (Wildman–Crippen MR) is 81.1 cm³/mol. The van der Waals surface area contributed by atoms with Crippen LogP contribution in [0.1, 0.15) is 5.82 Å². The molecule has 0 N–H and O–H groups in total. The van der Waals surface area contributed by atoms with Crippen LogP contribution >= 0.6 is 39.1 Å². The first kappa shape index (κ1) is 12.9. The summed E-state index contributed by atoms with van der Waals surface area (Å²) in [5.74, 6) is 1.01. The number of nitrogens with zero attached hydrogens (tertiary/aromatic N) is 3. The molecule has 2 heterocycles. The molecule has 0 saturated heterocycles. The molecular formula is C13H8BrCl2N3. The second kappa shape index (κ2) is 5.12. The van der Waals surface area contributed by atoms with Crippen molar-refractivity contribution in [3.8, 4) is 5.69 Å². The van der Waals surface area contributed by atoms with E-state index >= 15 is 0 Å². The largest absolute Gasteiger partial charge is 0.278 e. The number of rotatable bonds is 2. The molecule has 0 fully saturated rings. The van der Waals surface area contributed by atoms with Gasteiger partial charge in [0.25, 0.3) is 0 Å². The molecule has 96 valence electrons. The summed E-state index contributed by atoms with van der Waals surface area (Å²) in [6.07, 6.45) is 1.73. The standard InChI is InChI=1S/C13H8BrCl2N3/c14-8-3-4-9(16)11(6-8)19-12(7-15)18-10-2-1-5-17-13(10)19/h1-6H,7H2. The van der Waals surface area contributed by atoms with E-state index in [-0.39, 0.29) is 0 Å². The van der Waals surface area contributed by atoms with Crippen LogP contribution < -0.4 is 0 Å². The van der Waals surface area contributed by atoms with Gasteiger partial charge in [-0.25, -0.2) is 9.97 Å². The van der Waals surface area contributed by atoms with Gasteiger partial charge in [0.2, 0.25) is 0 Å². The Kier molecular flexibility index (Phi) is 3.48. The van der Waals surface area contributed by atoms with Crippen LogP contribution in [0, 0.1) is 0 Å². The summed E-state index contributed by atoms with van der Waals surface area (Å²) in [4.78, 5) is 8.84. The van der Waals surface area contributed by atoms with E-state index in [9.17, 15) is 0 Å². The summed E-state index contributed by atoms with van der Waals surface area (Å²) in [5.41, 5.74) is 2.36. The third-order valence-electron chi connectivity index (χ3n) is 2.75. The second-order valence-corrected chi connectivity index (χ2v) is 5.53. The van der Waals surface area contributed by atoms with Gasteiger partial charge in [-0.05, 0) is 30.3 Å². The van der Waals surface area contributed by atoms with Gasteiger partial charge in [0.15, 0.2) is 5.65 Å². The van der Waals surface area contributed by atoms with Crippen molar-refractivity contribution in [1.29, 1.82) is 0 Å². The van der Waals surface area contributed by atoms with E-state index in [1.807, 2.05) is 34.9 Å². The van der Waals surface area contributed by atoms with E-state index < -0.39 is 0 Å². The quantitative estimate of drug-likeness (QED) is 0.629. The van der Waals surface area contributed by atoms with Gasteiger partial charge in [0.1, 0.15) is 11.3 Å². The number of halogens is 3. The number of aromatic nitrogens is 3. The Hall–Kier alpha value is -1.10. The fraction of sp³-hybridized carbons (Fsp3) is 0.0769. The molecular weight excluding hydrogens is 349 g/mol. The highest BCUT2D eigenvalue weighted by Crippen LogP contribution is 2.29. The summed E-state index contributed by atoms with van der Waals surface area (Å²) >= 11 is 15.7. The molecule has 0 aliphatic heterocycles. The highest BCUT2D eigenvalue weighted by molar-refractivity contribution is 9.10. The minimum Gasteiger partial charge on any atom is -0.278 e. The Labute approximate surface area is 128 Å². The van der Waals surface area contributed by atoms with Gasteiger partial charge in [0.05, 0.1) is 16.6 Å². The molecule has 0 atom stereocenters. The van der Waals surface area contributed by atoms with Crippen LogP contribution in [-0.2, 0) is 5.88 Å². The zero-order chi connectivity index (χ0) is 13.4. The Bertz CT molecular complexity index is 755. The second-order valence-electron chi connectivity index (χ2n) is 3.94. The molecule has 19 heavy (non-hydrogen) atoms. The molecule has 0 aliphatic rings. The SMILES string of the molecule is ClCc1nc2cccnc2n1-c1cc(Br)ccc1Cl. The molecule has 0 radical (unpaired) electrons. The topological polar surface area (TPSA) is 30.7 Å². The monoisotopic (exact) mass is 355 g/mol. The van der Waals surface area contributed by atoms with Crippen LogP contribution in [0.2, 0.25) is 5.02 Å². The minimum atomic E-state index is 0.291. The van der Waals surface area contributed by atoms with Gasteiger partial charge in [-0.1, -0.05) is 27.5 Å². The van der Waals surface area contributed by atoms with Crippen molar-refractivity contribution in [2.75, 3.05) is 0 Å². The van der Waals surface area contributed by atoms with Crippen LogP contribution in [0.5, 0.6) is 0 Å². The van der Waals surface area contributed by atoms with E-state index in [2.05, 4.69) is 25.9 Å². The van der Waals surface area contributed by atoms with E-state index in [0.717, 1.165) is 27.1 Å². The summed E-state index contributed by atoms with van der Waals surface area (Å²) in [7, 11) is 0. The van der Waals surface area contributed by atoms with Crippen molar-refractivity contribution >= 4 is 50.3 Å². The van der Waals surface area contributed by atoms with Crippen LogP contribution in [0.15, 0.2) is 41.0 Å². The maximum atomic E-state index is 6.28. The Morgan fingerprint density at radius 2 is 2.11 bits per heavy atom. The molecule has 1 aromatic carbocycles. The molecule has 0 unspecified atom stereocenters. The molecule has 0 amide bonds. The molecule has 0 saturated carbocycles. The highest BCUT2D eigenvalue weighted by atomic mass is 79.9. The van der Waals surface area contributed by atoms with E-state index in [1.165, 1.54) is 0 Å². The van der Waals surface area contributed by atoms with Gasteiger partial charge < -0.3 is 0 Å². The Balaban J connectivity index is 2.37. The number of alkyl halides is 1. The van der Waals surface area contributed by atoms with E-state index in [1.54, 1.807) is 6.20 Å². The van der Waals surface area contributed by atoms with Crippen molar-refractivity contribution in [3.63, 3.8) is 0 Å². The molecule has 2 aromatic heterocycles. The zero-order valence-corrected chi connectivity index (χ0v) is 12.7. The number of pyridine rings is 1. The average molecular weight is 357 g/mol. The van der Waals surface area contributed by atoms with Crippen molar-refractivity contribution in [3.05, 3.63) is 51.8 Å². The van der Waals surface area contributed by atoms with Crippen LogP contribution in [0.3, 0.4) is 0 Å². The summed E-state index contributed by atoms with van der Waals surface area (Å²) in [6, 6.07) is 9.39. The van der Waals surface area contributed by atoms with Crippen LogP contribution in [0.25, 0.3) is 16.9 Å². The fourth-order valence-electron chi connectivity index (χ4n) is 1.96.